The number of sulfonamides is 1. The van der Waals surface area contributed by atoms with Gasteiger partial charge in [-0.2, -0.15) is 4.31 Å². The van der Waals surface area contributed by atoms with Gasteiger partial charge in [0.1, 0.15) is 17.7 Å². The van der Waals surface area contributed by atoms with Gasteiger partial charge in [0, 0.05) is 30.6 Å². The van der Waals surface area contributed by atoms with Gasteiger partial charge in [-0.1, -0.05) is 43.3 Å². The zero-order valence-corrected chi connectivity index (χ0v) is 25.9. The second-order valence-corrected chi connectivity index (χ2v) is 13.2. The highest BCUT2D eigenvalue weighted by atomic mass is 32.2. The molecule has 0 fully saturated rings. The minimum atomic E-state index is -3.97. The third-order valence-electron chi connectivity index (χ3n) is 7.92. The number of amides is 3. The minimum Gasteiger partial charge on any atom is -0.488 e. The minimum absolute atomic E-state index is 0.0616. The molecule has 3 amide bonds. The van der Waals surface area contributed by atoms with Crippen molar-refractivity contribution in [1.82, 2.24) is 9.21 Å². The topological polar surface area (TPSA) is 128 Å². The van der Waals surface area contributed by atoms with Crippen LogP contribution < -0.4 is 15.4 Å². The normalized spacial score (nSPS) is 17.6. The second-order valence-electron chi connectivity index (χ2n) is 11.2. The molecule has 4 aromatic carbocycles. The van der Waals surface area contributed by atoms with Crippen LogP contribution in [0.3, 0.4) is 0 Å². The number of likely N-dealkylation sites (N-methyl/N-ethyl adjacent to an activating group) is 1. The van der Waals surface area contributed by atoms with Crippen molar-refractivity contribution in [2.75, 3.05) is 37.4 Å². The van der Waals surface area contributed by atoms with E-state index in [1.165, 1.54) is 30.1 Å². The van der Waals surface area contributed by atoms with E-state index >= 15 is 0 Å². The van der Waals surface area contributed by atoms with E-state index in [0.717, 1.165) is 27.2 Å². The van der Waals surface area contributed by atoms with Gasteiger partial charge >= 0.3 is 6.03 Å². The molecule has 1 aliphatic heterocycles. The lowest BCUT2D eigenvalue weighted by molar-refractivity contribution is 0.0387. The van der Waals surface area contributed by atoms with Gasteiger partial charge in [-0.25, -0.2) is 17.6 Å². The fourth-order valence-electron chi connectivity index (χ4n) is 5.28. The Labute approximate surface area is 261 Å². The Morgan fingerprint density at radius 3 is 2.51 bits per heavy atom. The predicted molar refractivity (Wildman–Crippen MR) is 170 cm³/mol. The molecule has 0 saturated carbocycles. The van der Waals surface area contributed by atoms with E-state index in [-0.39, 0.29) is 41.8 Å². The summed E-state index contributed by atoms with van der Waals surface area (Å²) >= 11 is 0. The molecule has 0 spiro atoms. The molecule has 0 saturated heterocycles. The average molecular weight is 635 g/mol. The second kappa shape index (κ2) is 13.2. The summed E-state index contributed by atoms with van der Waals surface area (Å²) in [5.41, 5.74) is 1.11. The van der Waals surface area contributed by atoms with Crippen LogP contribution in [0.15, 0.2) is 89.8 Å². The lowest BCUT2D eigenvalue weighted by Gasteiger charge is -2.38. The van der Waals surface area contributed by atoms with Crippen molar-refractivity contribution in [3.05, 3.63) is 96.3 Å². The van der Waals surface area contributed by atoms with Gasteiger partial charge in [0.25, 0.3) is 5.91 Å². The number of hydrogen-bond donors (Lipinski definition) is 3. The Bertz CT molecular complexity index is 1810. The Morgan fingerprint density at radius 1 is 1.07 bits per heavy atom. The Morgan fingerprint density at radius 2 is 1.78 bits per heavy atom. The largest absolute Gasteiger partial charge is 0.488 e. The van der Waals surface area contributed by atoms with Crippen molar-refractivity contribution < 1.29 is 32.2 Å². The Balaban J connectivity index is 1.41. The van der Waals surface area contributed by atoms with Gasteiger partial charge in [0.15, 0.2) is 0 Å². The average Bonchev–Trinajstić information content (AvgIpc) is 3.03. The molecule has 0 radical (unpaired) electrons. The van der Waals surface area contributed by atoms with Crippen molar-refractivity contribution in [2.45, 2.75) is 30.9 Å². The molecule has 5 rings (SSSR count). The van der Waals surface area contributed by atoms with Gasteiger partial charge in [-0.15, -0.1) is 0 Å². The first-order chi connectivity index (χ1) is 21.5. The maximum absolute atomic E-state index is 13.8. The highest BCUT2D eigenvalue weighted by molar-refractivity contribution is 7.89. The van der Waals surface area contributed by atoms with Crippen LogP contribution in [-0.2, 0) is 10.0 Å². The number of anilines is 2. The lowest BCUT2D eigenvalue weighted by atomic mass is 9.99. The molecule has 236 valence electrons. The molecule has 0 bridgehead atoms. The maximum Gasteiger partial charge on any atom is 0.323 e. The van der Waals surface area contributed by atoms with Crippen molar-refractivity contribution >= 4 is 44.1 Å². The zero-order chi connectivity index (χ0) is 32.3. The van der Waals surface area contributed by atoms with Crippen LogP contribution in [0, 0.1) is 11.7 Å². The molecule has 0 unspecified atom stereocenters. The zero-order valence-electron chi connectivity index (χ0n) is 25.1. The number of nitrogens with one attached hydrogen (secondary N) is 2. The van der Waals surface area contributed by atoms with Crippen molar-refractivity contribution in [2.24, 2.45) is 5.92 Å². The van der Waals surface area contributed by atoms with Crippen molar-refractivity contribution in [3.8, 4) is 5.75 Å². The van der Waals surface area contributed by atoms with Crippen LogP contribution in [0.4, 0.5) is 20.6 Å². The van der Waals surface area contributed by atoms with E-state index in [9.17, 15) is 27.5 Å². The number of carbonyl (C=O) groups is 2. The van der Waals surface area contributed by atoms with E-state index in [1.807, 2.05) is 43.3 Å². The summed E-state index contributed by atoms with van der Waals surface area (Å²) in [5, 5.41) is 17.4. The number of urea groups is 1. The number of ether oxygens (including phenoxy) is 1. The van der Waals surface area contributed by atoms with E-state index in [2.05, 4.69) is 10.6 Å². The molecule has 3 N–H and O–H groups in total. The highest BCUT2D eigenvalue weighted by Crippen LogP contribution is 2.31. The van der Waals surface area contributed by atoms with Gasteiger partial charge in [-0.05, 0) is 60.8 Å². The summed E-state index contributed by atoms with van der Waals surface area (Å²) < 4.78 is 47.4. The van der Waals surface area contributed by atoms with E-state index in [0.29, 0.717) is 11.4 Å². The monoisotopic (exact) mass is 634 g/mol. The summed E-state index contributed by atoms with van der Waals surface area (Å²) in [5.74, 6) is -1.08. The summed E-state index contributed by atoms with van der Waals surface area (Å²) in [4.78, 5) is 28.2. The molecule has 45 heavy (non-hydrogen) atoms. The SMILES string of the molecule is C[C@@H]1CN([C@H](C)CO)C(=O)c2cc(NC(=O)Nc3cccc4ccccc34)ccc2O[C@H]1CN(C)S(=O)(=O)c1ccc(F)cc1. The van der Waals surface area contributed by atoms with Gasteiger partial charge in [0.2, 0.25) is 10.0 Å². The van der Waals surface area contributed by atoms with Crippen molar-refractivity contribution in [3.63, 3.8) is 0 Å². The molecule has 3 atom stereocenters. The summed E-state index contributed by atoms with van der Waals surface area (Å²) in [6.45, 7) is 3.37. The highest BCUT2D eigenvalue weighted by Gasteiger charge is 2.35. The molecule has 0 aromatic heterocycles. The summed E-state index contributed by atoms with van der Waals surface area (Å²) in [7, 11) is -2.56. The first-order valence-corrected chi connectivity index (χ1v) is 15.9. The van der Waals surface area contributed by atoms with Gasteiger partial charge < -0.3 is 25.4 Å². The summed E-state index contributed by atoms with van der Waals surface area (Å²) in [6, 6.07) is 21.4. The van der Waals surface area contributed by atoms with Crippen LogP contribution in [0.2, 0.25) is 0 Å². The molecule has 1 heterocycles. The predicted octanol–water partition coefficient (Wildman–Crippen LogP) is 5.16. The molecule has 10 nitrogen and oxygen atoms in total. The van der Waals surface area contributed by atoms with Gasteiger partial charge in [-0.3, -0.25) is 4.79 Å². The summed E-state index contributed by atoms with van der Waals surface area (Å²) in [6.07, 6.45) is -0.695. The third-order valence-corrected chi connectivity index (χ3v) is 9.76. The number of fused-ring (bicyclic) bond motifs is 2. The lowest BCUT2D eigenvalue weighted by Crippen LogP contribution is -2.50. The Hall–Kier alpha value is -4.52. The Kier molecular flexibility index (Phi) is 9.37. The number of hydrogen-bond acceptors (Lipinski definition) is 6. The number of rotatable bonds is 8. The third kappa shape index (κ3) is 6.93. The quantitative estimate of drug-likeness (QED) is 0.246. The van der Waals surface area contributed by atoms with E-state index < -0.39 is 39.9 Å². The van der Waals surface area contributed by atoms with Crippen molar-refractivity contribution in [1.29, 1.82) is 0 Å². The smallest absolute Gasteiger partial charge is 0.323 e. The van der Waals surface area contributed by atoms with Crippen LogP contribution in [0.5, 0.6) is 5.75 Å². The molecule has 12 heteroatoms. The number of aliphatic hydroxyl groups excluding tert-OH is 1. The number of carbonyl (C=O) groups excluding carboxylic acids is 2. The number of benzene rings is 4. The fourth-order valence-corrected chi connectivity index (χ4v) is 6.46. The fraction of sp³-hybridized carbons (Fsp3) is 0.273. The standard InChI is InChI=1S/C33H35FN4O6S/c1-21-18-38(22(2)20-39)32(40)28-17-25(35-33(41)36-29-10-6-8-23-7-4-5-9-27(23)29)13-16-30(28)44-31(21)19-37(3)45(42,43)26-14-11-24(34)12-15-26/h4-17,21-22,31,39H,18-20H2,1-3H3,(H2,35,36,41)/t21-,22-,31+/m1/s1. The number of halogens is 1. The molecular weight excluding hydrogens is 599 g/mol. The first kappa shape index (κ1) is 31.9. The van der Waals surface area contributed by atoms with Crippen LogP contribution in [0.1, 0.15) is 24.2 Å². The van der Waals surface area contributed by atoms with Crippen LogP contribution in [-0.4, -0.2) is 73.6 Å². The molecule has 0 aliphatic carbocycles. The molecule has 1 aliphatic rings. The number of nitrogens with zero attached hydrogens (tertiary/aromatic N) is 2. The molecular formula is C33H35FN4O6S. The first-order valence-electron chi connectivity index (χ1n) is 14.5. The number of aliphatic hydroxyl groups is 1. The van der Waals surface area contributed by atoms with E-state index in [1.54, 1.807) is 25.1 Å². The van der Waals surface area contributed by atoms with Gasteiger partial charge in [0.05, 0.1) is 35.3 Å². The maximum atomic E-state index is 13.8. The van der Waals surface area contributed by atoms with E-state index in [4.69, 9.17) is 4.74 Å². The van der Waals surface area contributed by atoms with Crippen LogP contribution >= 0.6 is 0 Å². The van der Waals surface area contributed by atoms with Crippen LogP contribution in [0.25, 0.3) is 10.8 Å². The molecule has 4 aromatic rings.